The van der Waals surface area contributed by atoms with E-state index < -0.39 is 6.03 Å². The van der Waals surface area contributed by atoms with Gasteiger partial charge in [0.25, 0.3) is 5.91 Å². The molecule has 0 saturated heterocycles. The molecule has 0 aliphatic carbocycles. The number of hydrogen-bond acceptors (Lipinski definition) is 5. The summed E-state index contributed by atoms with van der Waals surface area (Å²) in [5.74, 6) is 0.126. The highest BCUT2D eigenvalue weighted by Crippen LogP contribution is 2.31. The van der Waals surface area contributed by atoms with Crippen LogP contribution in [0.15, 0.2) is 47.1 Å². The number of aromatic nitrogens is 1. The molecule has 2 N–H and O–H groups in total. The van der Waals surface area contributed by atoms with Gasteiger partial charge < -0.3 is 14.6 Å². The van der Waals surface area contributed by atoms with Crippen molar-refractivity contribution < 1.29 is 18.4 Å². The van der Waals surface area contributed by atoms with Crippen molar-refractivity contribution >= 4 is 28.4 Å². The molecule has 0 unspecified atom stereocenters. The third kappa shape index (κ3) is 3.82. The zero-order valence-electron chi connectivity index (χ0n) is 14.1. The van der Waals surface area contributed by atoms with E-state index >= 15 is 0 Å². The summed E-state index contributed by atoms with van der Waals surface area (Å²) in [5, 5.41) is 5.65. The summed E-state index contributed by atoms with van der Waals surface area (Å²) in [6, 6.07) is 9.11. The highest BCUT2D eigenvalue weighted by molar-refractivity contribution is 7.16. The molecule has 0 spiro atoms. The van der Waals surface area contributed by atoms with Crippen LogP contribution in [0.5, 0.6) is 0 Å². The predicted molar refractivity (Wildman–Crippen MR) is 96.7 cm³/mol. The lowest BCUT2D eigenvalue weighted by molar-refractivity contribution is 0.0762. The Morgan fingerprint density at radius 3 is 2.81 bits per heavy atom. The van der Waals surface area contributed by atoms with Gasteiger partial charge in [-0.05, 0) is 29.8 Å². The maximum Gasteiger partial charge on any atom is 0.321 e. The van der Waals surface area contributed by atoms with Crippen molar-refractivity contribution in [2.45, 2.75) is 19.6 Å². The Bertz CT molecular complexity index is 969. The van der Waals surface area contributed by atoms with Gasteiger partial charge in [0.15, 0.2) is 5.13 Å². The first-order chi connectivity index (χ1) is 13.1. The van der Waals surface area contributed by atoms with Crippen LogP contribution in [0.3, 0.4) is 0 Å². The average Bonchev–Trinajstić information content (AvgIpc) is 3.35. The molecule has 27 heavy (non-hydrogen) atoms. The number of benzene rings is 1. The van der Waals surface area contributed by atoms with E-state index in [1.54, 1.807) is 29.2 Å². The molecule has 9 heteroatoms. The van der Waals surface area contributed by atoms with Gasteiger partial charge in [0, 0.05) is 6.54 Å². The first-order valence-electron chi connectivity index (χ1n) is 8.19. The van der Waals surface area contributed by atoms with E-state index in [-0.39, 0.29) is 18.3 Å². The van der Waals surface area contributed by atoms with E-state index in [0.29, 0.717) is 29.7 Å². The molecule has 4 rings (SSSR count). The summed E-state index contributed by atoms with van der Waals surface area (Å²) < 4.78 is 18.1. The number of urea groups is 1. The van der Waals surface area contributed by atoms with E-state index in [9.17, 15) is 14.0 Å². The molecule has 138 valence electrons. The normalized spacial score (nSPS) is 12.9. The van der Waals surface area contributed by atoms with Crippen LogP contribution in [0.1, 0.15) is 26.7 Å². The maximum absolute atomic E-state index is 13.0. The Kier molecular flexibility index (Phi) is 4.59. The van der Waals surface area contributed by atoms with Gasteiger partial charge in [0.05, 0.1) is 24.2 Å². The molecule has 0 bridgehead atoms. The first kappa shape index (κ1) is 17.2. The van der Waals surface area contributed by atoms with Gasteiger partial charge in [-0.25, -0.2) is 14.2 Å². The van der Waals surface area contributed by atoms with Gasteiger partial charge in [0.1, 0.15) is 17.3 Å². The summed E-state index contributed by atoms with van der Waals surface area (Å²) in [6.45, 7) is 1.06. The molecule has 1 aromatic carbocycles. The fourth-order valence-electron chi connectivity index (χ4n) is 2.73. The number of fused-ring (bicyclic) bond motifs is 1. The van der Waals surface area contributed by atoms with Gasteiger partial charge in [-0.2, -0.15) is 0 Å². The van der Waals surface area contributed by atoms with Gasteiger partial charge >= 0.3 is 6.03 Å². The number of carbonyl (C=O) groups excluding carboxylic acids is 2. The minimum absolute atomic E-state index is 0.199. The summed E-state index contributed by atoms with van der Waals surface area (Å²) in [5.41, 5.74) is 1.19. The molecule has 2 aromatic heterocycles. The molecule has 1 aliphatic heterocycles. The topological polar surface area (TPSA) is 87.5 Å². The molecule has 7 nitrogen and oxygen atoms in total. The zero-order chi connectivity index (χ0) is 18.8. The van der Waals surface area contributed by atoms with Gasteiger partial charge in [-0.1, -0.05) is 23.5 Å². The van der Waals surface area contributed by atoms with E-state index in [1.165, 1.54) is 29.7 Å². The number of amides is 3. The van der Waals surface area contributed by atoms with Crippen molar-refractivity contribution in [2.75, 3.05) is 5.32 Å². The predicted octanol–water partition coefficient (Wildman–Crippen LogP) is 3.35. The number of nitrogens with one attached hydrogen (secondary N) is 2. The number of anilines is 1. The summed E-state index contributed by atoms with van der Waals surface area (Å²) in [7, 11) is 0. The molecule has 0 saturated carbocycles. The minimum Gasteiger partial charge on any atom is -0.467 e. The van der Waals surface area contributed by atoms with E-state index in [0.717, 1.165) is 10.4 Å². The smallest absolute Gasteiger partial charge is 0.321 e. The molecule has 3 aromatic rings. The van der Waals surface area contributed by atoms with Gasteiger partial charge in [-0.3, -0.25) is 10.1 Å². The number of hydrogen-bond donors (Lipinski definition) is 2. The summed E-state index contributed by atoms with van der Waals surface area (Å²) >= 11 is 1.27. The highest BCUT2D eigenvalue weighted by Gasteiger charge is 2.32. The van der Waals surface area contributed by atoms with Crippen LogP contribution in [-0.4, -0.2) is 21.8 Å². The SMILES string of the molecule is O=C(NCc1ccco1)Nc1nc2c(s1)CN(Cc1ccc(F)cc1)C2=O. The molecule has 1 aliphatic rings. The van der Waals surface area contributed by atoms with Crippen molar-refractivity contribution in [1.82, 2.24) is 15.2 Å². The number of thiazole rings is 1. The summed E-state index contributed by atoms with van der Waals surface area (Å²) in [4.78, 5) is 31.1. The Hall–Kier alpha value is -3.20. The quantitative estimate of drug-likeness (QED) is 0.704. The lowest BCUT2D eigenvalue weighted by Crippen LogP contribution is -2.28. The fourth-order valence-corrected chi connectivity index (χ4v) is 3.70. The number of halogens is 1. The first-order valence-corrected chi connectivity index (χ1v) is 9.01. The lowest BCUT2D eigenvalue weighted by Gasteiger charge is -2.15. The molecule has 0 fully saturated rings. The second-order valence-corrected chi connectivity index (χ2v) is 7.05. The van der Waals surface area contributed by atoms with Crippen LogP contribution in [0, 0.1) is 5.82 Å². The monoisotopic (exact) mass is 386 g/mol. The minimum atomic E-state index is -0.422. The van der Waals surface area contributed by atoms with Crippen LogP contribution in [0.4, 0.5) is 14.3 Å². The molecule has 3 amide bonds. The molecular weight excluding hydrogens is 371 g/mol. The standard InChI is InChI=1S/C18H15FN4O3S/c19-12-5-3-11(4-6-12)9-23-10-14-15(16(23)24)21-18(27-14)22-17(25)20-8-13-2-1-7-26-13/h1-7H,8-10H2,(H2,20,21,22,25). The number of carbonyl (C=O) groups is 2. The Labute approximate surface area is 157 Å². The van der Waals surface area contributed by atoms with Crippen molar-refractivity contribution in [3.63, 3.8) is 0 Å². The van der Waals surface area contributed by atoms with Crippen LogP contribution in [0.25, 0.3) is 0 Å². The fraction of sp³-hybridized carbons (Fsp3) is 0.167. The third-order valence-corrected chi connectivity index (χ3v) is 4.99. The zero-order valence-corrected chi connectivity index (χ0v) is 14.9. The Morgan fingerprint density at radius 1 is 1.30 bits per heavy atom. The second-order valence-electron chi connectivity index (χ2n) is 5.97. The number of rotatable bonds is 5. The molecular formula is C18H15FN4O3S. The molecule has 3 heterocycles. The van der Waals surface area contributed by atoms with Gasteiger partial charge in [0.2, 0.25) is 0 Å². The maximum atomic E-state index is 13.0. The third-order valence-electron chi connectivity index (χ3n) is 4.03. The largest absolute Gasteiger partial charge is 0.467 e. The average molecular weight is 386 g/mol. The van der Waals surface area contributed by atoms with Crippen LogP contribution < -0.4 is 10.6 Å². The van der Waals surface area contributed by atoms with E-state index in [4.69, 9.17) is 4.42 Å². The summed E-state index contributed by atoms with van der Waals surface area (Å²) in [6.07, 6.45) is 1.53. The van der Waals surface area contributed by atoms with Crippen molar-refractivity contribution in [3.05, 3.63) is 70.4 Å². The number of furan rings is 1. The van der Waals surface area contributed by atoms with E-state index in [1.807, 2.05) is 0 Å². The van der Waals surface area contributed by atoms with Gasteiger partial charge in [-0.15, -0.1) is 0 Å². The number of nitrogens with zero attached hydrogens (tertiary/aromatic N) is 2. The van der Waals surface area contributed by atoms with Crippen molar-refractivity contribution in [2.24, 2.45) is 0 Å². The van der Waals surface area contributed by atoms with Crippen LogP contribution in [-0.2, 0) is 19.6 Å². The van der Waals surface area contributed by atoms with Crippen molar-refractivity contribution in [1.29, 1.82) is 0 Å². The molecule has 0 atom stereocenters. The van der Waals surface area contributed by atoms with Crippen LogP contribution in [0.2, 0.25) is 0 Å². The van der Waals surface area contributed by atoms with Crippen LogP contribution >= 0.6 is 11.3 Å². The second kappa shape index (κ2) is 7.20. The highest BCUT2D eigenvalue weighted by atomic mass is 32.1. The lowest BCUT2D eigenvalue weighted by atomic mass is 10.2. The Balaban J connectivity index is 1.35. The van der Waals surface area contributed by atoms with E-state index in [2.05, 4.69) is 15.6 Å². The molecule has 0 radical (unpaired) electrons. The Morgan fingerprint density at radius 2 is 2.11 bits per heavy atom. The van der Waals surface area contributed by atoms with Crippen molar-refractivity contribution in [3.8, 4) is 0 Å².